The number of nitrogens with zero attached hydrogens (tertiary/aromatic N) is 1. The molecule has 18 heavy (non-hydrogen) atoms. The Morgan fingerprint density at radius 2 is 2.22 bits per heavy atom. The summed E-state index contributed by atoms with van der Waals surface area (Å²) in [7, 11) is 1.33. The Bertz CT molecular complexity index is 479. The Kier molecular flexibility index (Phi) is 3.27. The molecule has 1 saturated heterocycles. The summed E-state index contributed by atoms with van der Waals surface area (Å²) in [6.45, 7) is 0.597. The third kappa shape index (κ3) is 1.94. The van der Waals surface area contributed by atoms with Gasteiger partial charge in [0.2, 0.25) is 0 Å². The molecule has 1 aliphatic rings. The SMILES string of the molecule is COC(=O)[C@H]1CCCN1c1ccc(N)c(N)c1F. The molecule has 0 radical (unpaired) electrons. The number of carbonyl (C=O) groups is 1. The fraction of sp³-hybridized carbons (Fsp3) is 0.417. The smallest absolute Gasteiger partial charge is 0.328 e. The number of hydrogen-bond acceptors (Lipinski definition) is 5. The number of nitrogens with two attached hydrogens (primary N) is 2. The molecule has 5 nitrogen and oxygen atoms in total. The Morgan fingerprint density at radius 3 is 2.89 bits per heavy atom. The van der Waals surface area contributed by atoms with Crippen molar-refractivity contribution in [1.29, 1.82) is 0 Å². The first-order valence-electron chi connectivity index (χ1n) is 5.74. The lowest BCUT2D eigenvalue weighted by Gasteiger charge is -2.25. The maximum atomic E-state index is 14.1. The van der Waals surface area contributed by atoms with Crippen LogP contribution in [0.5, 0.6) is 0 Å². The highest BCUT2D eigenvalue weighted by molar-refractivity contribution is 5.82. The molecule has 0 amide bonds. The predicted molar refractivity (Wildman–Crippen MR) is 67.6 cm³/mol. The Morgan fingerprint density at radius 1 is 1.50 bits per heavy atom. The van der Waals surface area contributed by atoms with Crippen molar-refractivity contribution in [3.05, 3.63) is 17.9 Å². The minimum Gasteiger partial charge on any atom is -0.467 e. The van der Waals surface area contributed by atoms with Crippen molar-refractivity contribution in [2.75, 3.05) is 30.0 Å². The highest BCUT2D eigenvalue weighted by Crippen LogP contribution is 2.33. The van der Waals surface area contributed by atoms with Crippen LogP contribution in [0.4, 0.5) is 21.5 Å². The summed E-state index contributed by atoms with van der Waals surface area (Å²) in [5, 5.41) is 0. The van der Waals surface area contributed by atoms with Crippen molar-refractivity contribution in [3.63, 3.8) is 0 Å². The summed E-state index contributed by atoms with van der Waals surface area (Å²) < 4.78 is 18.8. The van der Waals surface area contributed by atoms with Gasteiger partial charge in [-0.15, -0.1) is 0 Å². The summed E-state index contributed by atoms with van der Waals surface area (Å²) >= 11 is 0. The maximum absolute atomic E-state index is 14.1. The van der Waals surface area contributed by atoms with Crippen LogP contribution >= 0.6 is 0 Å². The zero-order valence-corrected chi connectivity index (χ0v) is 10.1. The molecule has 2 rings (SSSR count). The molecule has 1 aromatic carbocycles. The molecular weight excluding hydrogens is 237 g/mol. The van der Waals surface area contributed by atoms with Crippen LogP contribution in [0.3, 0.4) is 0 Å². The van der Waals surface area contributed by atoms with Gasteiger partial charge in [0.25, 0.3) is 0 Å². The van der Waals surface area contributed by atoms with E-state index in [1.807, 2.05) is 0 Å². The van der Waals surface area contributed by atoms with E-state index in [2.05, 4.69) is 0 Å². The Hall–Kier alpha value is -1.98. The Balaban J connectivity index is 2.36. The van der Waals surface area contributed by atoms with Gasteiger partial charge in [-0.05, 0) is 25.0 Å². The van der Waals surface area contributed by atoms with Gasteiger partial charge in [-0.2, -0.15) is 0 Å². The molecule has 0 saturated carbocycles. The van der Waals surface area contributed by atoms with Gasteiger partial charge in [0.05, 0.1) is 24.2 Å². The van der Waals surface area contributed by atoms with Gasteiger partial charge in [0.15, 0.2) is 5.82 Å². The molecule has 0 aliphatic carbocycles. The van der Waals surface area contributed by atoms with E-state index < -0.39 is 11.9 Å². The van der Waals surface area contributed by atoms with E-state index in [1.54, 1.807) is 17.0 Å². The van der Waals surface area contributed by atoms with Gasteiger partial charge >= 0.3 is 5.97 Å². The predicted octanol–water partition coefficient (Wildman–Crippen LogP) is 1.13. The molecule has 6 heteroatoms. The molecule has 0 bridgehead atoms. The van der Waals surface area contributed by atoms with E-state index in [9.17, 15) is 9.18 Å². The third-order valence-electron chi connectivity index (χ3n) is 3.23. The fourth-order valence-electron chi connectivity index (χ4n) is 2.25. The van der Waals surface area contributed by atoms with Gasteiger partial charge in [-0.1, -0.05) is 0 Å². The van der Waals surface area contributed by atoms with Crippen molar-refractivity contribution in [3.8, 4) is 0 Å². The molecule has 0 aromatic heterocycles. The highest BCUT2D eigenvalue weighted by Gasteiger charge is 2.33. The number of halogens is 1. The number of anilines is 3. The average molecular weight is 253 g/mol. The van der Waals surface area contributed by atoms with E-state index in [0.29, 0.717) is 18.7 Å². The summed E-state index contributed by atoms with van der Waals surface area (Å²) in [6, 6.07) is 2.63. The first kappa shape index (κ1) is 12.5. The minimum atomic E-state index is -0.578. The first-order valence-corrected chi connectivity index (χ1v) is 5.74. The van der Waals surface area contributed by atoms with Crippen molar-refractivity contribution >= 4 is 23.0 Å². The summed E-state index contributed by atoms with van der Waals surface area (Å²) in [5.41, 5.74) is 11.5. The Labute approximate surface area is 104 Å². The second-order valence-electron chi connectivity index (χ2n) is 4.28. The number of nitrogen functional groups attached to an aromatic ring is 2. The van der Waals surface area contributed by atoms with Crippen LogP contribution in [-0.4, -0.2) is 25.7 Å². The number of methoxy groups -OCH3 is 1. The standard InChI is InChI=1S/C12H16FN3O2/c1-18-12(17)9-3-2-6-16(9)8-5-4-7(14)11(15)10(8)13/h4-5,9H,2-3,6,14-15H2,1H3/t9-/m1/s1. The van der Waals surface area contributed by atoms with E-state index in [1.165, 1.54) is 7.11 Å². The van der Waals surface area contributed by atoms with Crippen LogP contribution in [0.25, 0.3) is 0 Å². The van der Waals surface area contributed by atoms with Crippen molar-refractivity contribution in [2.24, 2.45) is 0 Å². The molecule has 98 valence electrons. The van der Waals surface area contributed by atoms with Crippen LogP contribution in [-0.2, 0) is 9.53 Å². The lowest BCUT2D eigenvalue weighted by Crippen LogP contribution is -2.37. The molecule has 1 atom stereocenters. The number of hydrogen-bond donors (Lipinski definition) is 2. The van der Waals surface area contributed by atoms with Crippen molar-refractivity contribution in [2.45, 2.75) is 18.9 Å². The van der Waals surface area contributed by atoms with Crippen molar-refractivity contribution in [1.82, 2.24) is 0 Å². The van der Waals surface area contributed by atoms with Crippen LogP contribution < -0.4 is 16.4 Å². The van der Waals surface area contributed by atoms with Gasteiger partial charge in [0.1, 0.15) is 6.04 Å². The van der Waals surface area contributed by atoms with E-state index >= 15 is 0 Å². The molecule has 1 aromatic rings. The zero-order chi connectivity index (χ0) is 13.3. The lowest BCUT2D eigenvalue weighted by atomic mass is 10.2. The zero-order valence-electron chi connectivity index (χ0n) is 10.1. The molecular formula is C12H16FN3O2. The molecule has 1 heterocycles. The maximum Gasteiger partial charge on any atom is 0.328 e. The number of rotatable bonds is 2. The van der Waals surface area contributed by atoms with Crippen molar-refractivity contribution < 1.29 is 13.9 Å². The molecule has 1 fully saturated rings. The van der Waals surface area contributed by atoms with E-state index in [4.69, 9.17) is 16.2 Å². The number of carbonyl (C=O) groups excluding carboxylic acids is 1. The lowest BCUT2D eigenvalue weighted by molar-refractivity contribution is -0.141. The van der Waals surface area contributed by atoms with Crippen LogP contribution in [0.2, 0.25) is 0 Å². The van der Waals surface area contributed by atoms with Crippen LogP contribution in [0.1, 0.15) is 12.8 Å². The molecule has 4 N–H and O–H groups in total. The topological polar surface area (TPSA) is 81.6 Å². The van der Waals surface area contributed by atoms with Gasteiger partial charge in [0, 0.05) is 6.54 Å². The van der Waals surface area contributed by atoms with Gasteiger partial charge < -0.3 is 21.1 Å². The molecule has 1 aliphatic heterocycles. The highest BCUT2D eigenvalue weighted by atomic mass is 19.1. The second kappa shape index (κ2) is 4.72. The summed E-state index contributed by atoms with van der Waals surface area (Å²) in [5.74, 6) is -0.937. The number of ether oxygens (including phenoxy) is 1. The molecule has 0 spiro atoms. The third-order valence-corrected chi connectivity index (χ3v) is 3.23. The fourth-order valence-corrected chi connectivity index (χ4v) is 2.25. The average Bonchev–Trinajstić information content (AvgIpc) is 2.84. The summed E-state index contributed by atoms with van der Waals surface area (Å²) in [6.07, 6.45) is 1.46. The van der Waals surface area contributed by atoms with Crippen LogP contribution in [0.15, 0.2) is 12.1 Å². The van der Waals surface area contributed by atoms with E-state index in [0.717, 1.165) is 6.42 Å². The van der Waals surface area contributed by atoms with Crippen LogP contribution in [0, 0.1) is 5.82 Å². The first-order chi connectivity index (χ1) is 8.56. The monoisotopic (exact) mass is 253 g/mol. The largest absolute Gasteiger partial charge is 0.467 e. The van der Waals surface area contributed by atoms with Gasteiger partial charge in [-0.3, -0.25) is 0 Å². The van der Waals surface area contributed by atoms with Gasteiger partial charge in [-0.25, -0.2) is 9.18 Å². The number of esters is 1. The summed E-state index contributed by atoms with van der Waals surface area (Å²) in [4.78, 5) is 13.3. The minimum absolute atomic E-state index is 0.0805. The second-order valence-corrected chi connectivity index (χ2v) is 4.28. The quantitative estimate of drug-likeness (QED) is 0.610. The number of benzene rings is 1. The van der Waals surface area contributed by atoms with E-state index in [-0.39, 0.29) is 17.3 Å². The molecule has 0 unspecified atom stereocenters. The normalized spacial score (nSPS) is 19.0.